The zero-order chi connectivity index (χ0) is 20.7. The minimum atomic E-state index is -0.797. The first-order chi connectivity index (χ1) is 13.8. The van der Waals surface area contributed by atoms with Gasteiger partial charge >= 0.3 is 0 Å². The summed E-state index contributed by atoms with van der Waals surface area (Å²) >= 11 is 0. The summed E-state index contributed by atoms with van der Waals surface area (Å²) in [5, 5.41) is 15.2. The first-order valence-corrected chi connectivity index (χ1v) is 9.44. The van der Waals surface area contributed by atoms with Gasteiger partial charge < -0.3 is 9.67 Å². The Bertz CT molecular complexity index is 1260. The number of hydrogen-bond donors (Lipinski definition) is 1. The van der Waals surface area contributed by atoms with E-state index >= 15 is 0 Å². The summed E-state index contributed by atoms with van der Waals surface area (Å²) in [6, 6.07) is 11.7. The van der Waals surface area contributed by atoms with E-state index in [0.717, 1.165) is 22.3 Å². The summed E-state index contributed by atoms with van der Waals surface area (Å²) in [4.78, 5) is 12.9. The fourth-order valence-corrected chi connectivity index (χ4v) is 3.56. The summed E-state index contributed by atoms with van der Waals surface area (Å²) in [5.41, 5.74) is 5.57. The van der Waals surface area contributed by atoms with E-state index in [1.807, 2.05) is 32.9 Å². The highest BCUT2D eigenvalue weighted by Crippen LogP contribution is 2.23. The van der Waals surface area contributed by atoms with Crippen molar-refractivity contribution < 1.29 is 9.50 Å². The van der Waals surface area contributed by atoms with E-state index in [0.29, 0.717) is 11.2 Å². The minimum Gasteiger partial charge on any atom is -0.387 e. The van der Waals surface area contributed by atoms with Gasteiger partial charge in [0.1, 0.15) is 11.3 Å². The number of rotatable bonds is 4. The average molecular weight is 391 g/mol. The van der Waals surface area contributed by atoms with Gasteiger partial charge in [-0.05, 0) is 73.4 Å². The number of hydrogen-bond acceptors (Lipinski definition) is 3. The Morgan fingerprint density at radius 2 is 1.69 bits per heavy atom. The van der Waals surface area contributed by atoms with Gasteiger partial charge in [-0.1, -0.05) is 12.1 Å². The van der Waals surface area contributed by atoms with Crippen molar-refractivity contribution in [1.82, 2.24) is 14.2 Å². The van der Waals surface area contributed by atoms with Crippen LogP contribution in [0.25, 0.3) is 16.8 Å². The molecule has 148 valence electrons. The second-order valence-electron chi connectivity index (χ2n) is 7.43. The molecule has 0 saturated carbocycles. The van der Waals surface area contributed by atoms with Crippen LogP contribution in [0, 0.1) is 26.6 Å². The normalized spacial score (nSPS) is 12.4. The first-order valence-electron chi connectivity index (χ1n) is 9.44. The molecule has 4 aromatic rings. The third-order valence-corrected chi connectivity index (χ3v) is 5.35. The molecule has 0 bridgehead atoms. The number of fused-ring (bicyclic) bond motifs is 1. The summed E-state index contributed by atoms with van der Waals surface area (Å²) in [6.45, 7) is 6.15. The Morgan fingerprint density at radius 3 is 2.41 bits per heavy atom. The average Bonchev–Trinajstić information content (AvgIpc) is 3.12. The van der Waals surface area contributed by atoms with Gasteiger partial charge in [-0.3, -0.25) is 4.79 Å². The lowest BCUT2D eigenvalue weighted by Crippen LogP contribution is -2.24. The summed E-state index contributed by atoms with van der Waals surface area (Å²) in [5.74, 6) is -0.324. The Hall–Kier alpha value is -3.25. The molecule has 1 N–H and O–H groups in total. The van der Waals surface area contributed by atoms with Crippen LogP contribution in [0.4, 0.5) is 4.39 Å². The number of halogens is 1. The van der Waals surface area contributed by atoms with Crippen LogP contribution in [0.3, 0.4) is 0 Å². The molecule has 2 heterocycles. The van der Waals surface area contributed by atoms with Crippen molar-refractivity contribution in [3.05, 3.63) is 93.3 Å². The third-order valence-electron chi connectivity index (χ3n) is 5.35. The van der Waals surface area contributed by atoms with Gasteiger partial charge in [0.15, 0.2) is 0 Å². The standard InChI is InChI=1S/C23H22FN3O2/c1-14-10-16(3)19(11-15(14)2)22(28)13-26-8-9-27-21(23(26)29)12-20(25-27)17-4-6-18(24)7-5-17/h4-12,22,28H,13H2,1-3H3/t22-/m1/s1. The van der Waals surface area contributed by atoms with Gasteiger partial charge in [-0.15, -0.1) is 0 Å². The number of aliphatic hydroxyl groups is 1. The zero-order valence-electron chi connectivity index (χ0n) is 16.6. The van der Waals surface area contributed by atoms with Gasteiger partial charge in [0, 0.05) is 18.0 Å². The number of nitrogens with zero attached hydrogens (tertiary/aromatic N) is 3. The van der Waals surface area contributed by atoms with E-state index in [9.17, 15) is 14.3 Å². The van der Waals surface area contributed by atoms with Crippen molar-refractivity contribution >= 4 is 5.52 Å². The molecule has 0 unspecified atom stereocenters. The Labute approximate surface area is 167 Å². The van der Waals surface area contributed by atoms with Crippen LogP contribution in [0.5, 0.6) is 0 Å². The van der Waals surface area contributed by atoms with Crippen molar-refractivity contribution in [3.63, 3.8) is 0 Å². The zero-order valence-corrected chi connectivity index (χ0v) is 16.6. The predicted molar refractivity (Wildman–Crippen MR) is 110 cm³/mol. The van der Waals surface area contributed by atoms with Gasteiger partial charge in [-0.25, -0.2) is 8.91 Å². The summed E-state index contributed by atoms with van der Waals surface area (Å²) < 4.78 is 16.2. The highest BCUT2D eigenvalue weighted by molar-refractivity contribution is 5.65. The van der Waals surface area contributed by atoms with Crippen LogP contribution >= 0.6 is 0 Å². The van der Waals surface area contributed by atoms with Crippen LogP contribution in [0.2, 0.25) is 0 Å². The van der Waals surface area contributed by atoms with Crippen LogP contribution in [-0.2, 0) is 6.54 Å². The van der Waals surface area contributed by atoms with E-state index in [4.69, 9.17) is 0 Å². The first kappa shape index (κ1) is 19.1. The van der Waals surface area contributed by atoms with Crippen molar-refractivity contribution in [3.8, 4) is 11.3 Å². The molecule has 0 aliphatic carbocycles. The molecule has 0 saturated heterocycles. The molecule has 1 atom stereocenters. The van der Waals surface area contributed by atoms with Crippen molar-refractivity contribution in [2.75, 3.05) is 0 Å². The maximum atomic E-state index is 13.2. The van der Waals surface area contributed by atoms with Crippen LogP contribution in [0.1, 0.15) is 28.4 Å². The molecule has 0 aliphatic rings. The van der Waals surface area contributed by atoms with Crippen molar-refractivity contribution in [2.24, 2.45) is 0 Å². The second kappa shape index (κ2) is 7.29. The highest BCUT2D eigenvalue weighted by Gasteiger charge is 2.15. The molecule has 5 nitrogen and oxygen atoms in total. The topological polar surface area (TPSA) is 59.5 Å². The Balaban J connectivity index is 1.68. The lowest BCUT2D eigenvalue weighted by molar-refractivity contribution is 0.154. The molecular weight excluding hydrogens is 369 g/mol. The molecule has 0 aliphatic heterocycles. The number of aryl methyl sites for hydroxylation is 3. The Morgan fingerprint density at radius 1 is 1.00 bits per heavy atom. The second-order valence-corrected chi connectivity index (χ2v) is 7.43. The Kier molecular flexibility index (Phi) is 4.80. The molecule has 0 fully saturated rings. The SMILES string of the molecule is Cc1cc(C)c([C@H](O)Cn2ccn3nc(-c4ccc(F)cc4)cc3c2=O)cc1C. The third kappa shape index (κ3) is 3.59. The van der Waals surface area contributed by atoms with E-state index in [1.165, 1.54) is 26.8 Å². The lowest BCUT2D eigenvalue weighted by atomic mass is 9.97. The van der Waals surface area contributed by atoms with Gasteiger partial charge in [0.2, 0.25) is 0 Å². The maximum absolute atomic E-state index is 13.2. The molecule has 29 heavy (non-hydrogen) atoms. The van der Waals surface area contributed by atoms with E-state index in [1.54, 1.807) is 30.6 Å². The smallest absolute Gasteiger partial charge is 0.276 e. The van der Waals surface area contributed by atoms with Gasteiger partial charge in [0.25, 0.3) is 5.56 Å². The van der Waals surface area contributed by atoms with E-state index < -0.39 is 6.10 Å². The molecule has 6 heteroatoms. The molecule has 0 radical (unpaired) electrons. The number of aliphatic hydroxyl groups excluding tert-OH is 1. The largest absolute Gasteiger partial charge is 0.387 e. The maximum Gasteiger partial charge on any atom is 0.276 e. The molecule has 2 aromatic carbocycles. The lowest BCUT2D eigenvalue weighted by Gasteiger charge is -2.17. The van der Waals surface area contributed by atoms with Crippen molar-refractivity contribution in [2.45, 2.75) is 33.4 Å². The number of benzene rings is 2. The minimum absolute atomic E-state index is 0.149. The number of aromatic nitrogens is 3. The van der Waals surface area contributed by atoms with E-state index in [-0.39, 0.29) is 17.9 Å². The van der Waals surface area contributed by atoms with Crippen LogP contribution < -0.4 is 5.56 Å². The quantitative estimate of drug-likeness (QED) is 0.573. The molecule has 0 spiro atoms. The predicted octanol–water partition coefficient (Wildman–Crippen LogP) is 3.96. The monoisotopic (exact) mass is 391 g/mol. The molecule has 2 aromatic heterocycles. The van der Waals surface area contributed by atoms with Gasteiger partial charge in [-0.2, -0.15) is 5.10 Å². The van der Waals surface area contributed by atoms with Crippen LogP contribution in [0.15, 0.2) is 59.7 Å². The fraction of sp³-hybridized carbons (Fsp3) is 0.217. The highest BCUT2D eigenvalue weighted by atomic mass is 19.1. The molecule has 4 rings (SSSR count). The summed E-state index contributed by atoms with van der Waals surface area (Å²) in [6.07, 6.45) is 2.51. The fourth-order valence-electron chi connectivity index (χ4n) is 3.56. The van der Waals surface area contributed by atoms with Gasteiger partial charge in [0.05, 0.1) is 18.3 Å². The van der Waals surface area contributed by atoms with E-state index in [2.05, 4.69) is 5.10 Å². The molecular formula is C23H22FN3O2. The van der Waals surface area contributed by atoms with Crippen molar-refractivity contribution in [1.29, 1.82) is 0 Å². The van der Waals surface area contributed by atoms with Crippen LogP contribution in [-0.4, -0.2) is 19.3 Å². The summed E-state index contributed by atoms with van der Waals surface area (Å²) in [7, 11) is 0. The molecule has 0 amide bonds.